The molecule has 2 atom stereocenters. The third kappa shape index (κ3) is 11.1. The van der Waals surface area contributed by atoms with Crippen LogP contribution in [0.1, 0.15) is 82.8 Å². The van der Waals surface area contributed by atoms with Gasteiger partial charge in [-0.3, -0.25) is 34.0 Å². The zero-order valence-electron chi connectivity index (χ0n) is 39.0. The Morgan fingerprint density at radius 3 is 2.46 bits per heavy atom. The van der Waals surface area contributed by atoms with Gasteiger partial charge in [0.1, 0.15) is 23.1 Å². The second-order valence-corrected chi connectivity index (χ2v) is 18.0. The van der Waals surface area contributed by atoms with Crippen LogP contribution in [0.4, 0.5) is 35.4 Å². The lowest BCUT2D eigenvalue weighted by Gasteiger charge is -2.46. The summed E-state index contributed by atoms with van der Waals surface area (Å²) in [6.45, 7) is 2.04. The standard InChI is InChI=1S/C49H52F3N13O7/c50-49(51,52)33-13-16-54-37(22-33)59-47(70)30-9-7-29(8-10-30)43-42-44-31(24-57-45(42)53)4-1-2-18-62(28-40(67)58-34-5-3-6-35(23-34)65(44)61-43)41(68)15-20-72-21-17-55-46(69)32-11-12-38(56-25-32)63-26-36(27-63)64-19-14-39(66)60-48(64)71/h1,4,7-13,16,22,24-25,34-36H,2-3,5-6,14-15,17-21,23,26-28H2,(H2,53,57)(H,55,69)(H,58,67)(H,54,59,70)(H,60,66,71)/b4-1+/t34?,35-/m1/s1. The average molecular weight is 992 g/mol. The number of carbonyl (C=O) groups excluding carboxylic acids is 6. The highest BCUT2D eigenvalue weighted by Gasteiger charge is 2.38. The fourth-order valence-electron chi connectivity index (χ4n) is 9.38. The highest BCUT2D eigenvalue weighted by atomic mass is 19.4. The maximum Gasteiger partial charge on any atom is 0.416 e. The van der Waals surface area contributed by atoms with Crippen molar-refractivity contribution in [3.8, 4) is 11.3 Å². The van der Waals surface area contributed by atoms with Crippen molar-refractivity contribution < 1.29 is 46.7 Å². The van der Waals surface area contributed by atoms with Gasteiger partial charge in [0.15, 0.2) is 0 Å². The van der Waals surface area contributed by atoms with Crippen LogP contribution in [0.3, 0.4) is 0 Å². The molecule has 4 aromatic heterocycles. The first-order valence-electron chi connectivity index (χ1n) is 23.7. The first kappa shape index (κ1) is 49.0. The van der Waals surface area contributed by atoms with E-state index in [-0.39, 0.29) is 111 Å². The van der Waals surface area contributed by atoms with Gasteiger partial charge in [0.2, 0.25) is 17.7 Å². The number of imide groups is 1. The number of pyridine rings is 3. The minimum atomic E-state index is -4.60. The molecule has 1 unspecified atom stereocenters. The van der Waals surface area contributed by atoms with E-state index < -0.39 is 17.6 Å². The van der Waals surface area contributed by atoms with Gasteiger partial charge in [-0.2, -0.15) is 18.3 Å². The van der Waals surface area contributed by atoms with E-state index in [4.69, 9.17) is 15.6 Å². The number of hydrogen-bond donors (Lipinski definition) is 5. The maximum atomic E-state index is 13.6. The number of nitrogens with two attached hydrogens (primary N) is 1. The van der Waals surface area contributed by atoms with Gasteiger partial charge in [0.05, 0.1) is 60.3 Å². The van der Waals surface area contributed by atoms with Crippen LogP contribution in [0.25, 0.3) is 28.2 Å². The molecule has 3 fully saturated rings. The molecule has 2 saturated heterocycles. The molecule has 0 spiro atoms. The number of hydrogen-bond acceptors (Lipinski definition) is 13. The number of benzene rings is 1. The van der Waals surface area contributed by atoms with Crippen LogP contribution in [0.5, 0.6) is 0 Å². The average Bonchev–Trinajstić information content (AvgIpc) is 3.76. The molecular formula is C49H52F3N13O7. The molecule has 2 bridgehead atoms. The van der Waals surface area contributed by atoms with Crippen LogP contribution in [0.15, 0.2) is 73.2 Å². The highest BCUT2D eigenvalue weighted by Crippen LogP contribution is 2.39. The number of rotatable bonds is 12. The minimum Gasteiger partial charge on any atom is -0.383 e. The van der Waals surface area contributed by atoms with E-state index in [2.05, 4.69) is 36.2 Å². The molecule has 7 amide bonds. The Hall–Kier alpha value is -7.95. The summed E-state index contributed by atoms with van der Waals surface area (Å²) in [5.74, 6) is -1.15. The van der Waals surface area contributed by atoms with Crippen molar-refractivity contribution in [1.82, 2.24) is 50.5 Å². The summed E-state index contributed by atoms with van der Waals surface area (Å²) in [7, 11) is 0. The number of nitrogens with one attached hydrogen (secondary N) is 4. The summed E-state index contributed by atoms with van der Waals surface area (Å²) < 4.78 is 47.4. The Morgan fingerprint density at radius 2 is 1.69 bits per heavy atom. The van der Waals surface area contributed by atoms with Crippen LogP contribution in [0, 0.1) is 0 Å². The largest absolute Gasteiger partial charge is 0.416 e. The van der Waals surface area contributed by atoms with E-state index in [9.17, 15) is 41.9 Å². The molecule has 1 aliphatic carbocycles. The summed E-state index contributed by atoms with van der Waals surface area (Å²) in [5.41, 5.74) is 8.79. The van der Waals surface area contributed by atoms with Crippen molar-refractivity contribution in [2.75, 3.05) is 68.4 Å². The van der Waals surface area contributed by atoms with Crippen molar-refractivity contribution >= 4 is 70.0 Å². The van der Waals surface area contributed by atoms with Crippen LogP contribution in [-0.4, -0.2) is 135 Å². The maximum absolute atomic E-state index is 13.6. The fourth-order valence-corrected chi connectivity index (χ4v) is 9.38. The number of amides is 7. The topological polar surface area (TPSA) is 252 Å². The van der Waals surface area contributed by atoms with Gasteiger partial charge >= 0.3 is 12.2 Å². The Morgan fingerprint density at radius 1 is 0.889 bits per heavy atom. The van der Waals surface area contributed by atoms with Gasteiger partial charge in [-0.05, 0) is 68.5 Å². The number of nitrogens with zero attached hydrogens (tertiary/aromatic N) is 8. The van der Waals surface area contributed by atoms with Gasteiger partial charge in [-0.25, -0.2) is 19.7 Å². The lowest BCUT2D eigenvalue weighted by molar-refractivity contribution is -0.137. The molecule has 1 saturated carbocycles. The lowest BCUT2D eigenvalue weighted by atomic mass is 9.90. The van der Waals surface area contributed by atoms with E-state index in [1.165, 1.54) is 23.2 Å². The van der Waals surface area contributed by atoms with Crippen LogP contribution >= 0.6 is 0 Å². The van der Waals surface area contributed by atoms with E-state index in [0.717, 1.165) is 48.7 Å². The summed E-state index contributed by atoms with van der Waals surface area (Å²) in [5, 5.41) is 16.4. The molecule has 20 nitrogen and oxygen atoms in total. The number of alkyl halides is 3. The minimum absolute atomic E-state index is 0.0168. The lowest BCUT2D eigenvalue weighted by Crippen LogP contribution is -2.65. The summed E-state index contributed by atoms with van der Waals surface area (Å²) in [4.78, 5) is 94.5. The van der Waals surface area contributed by atoms with E-state index >= 15 is 0 Å². The number of urea groups is 1. The van der Waals surface area contributed by atoms with Crippen molar-refractivity contribution in [3.63, 3.8) is 0 Å². The first-order valence-corrected chi connectivity index (χ1v) is 23.7. The van der Waals surface area contributed by atoms with E-state index in [1.807, 2.05) is 21.7 Å². The number of carbonyl (C=O) groups is 6. The third-order valence-corrected chi connectivity index (χ3v) is 13.2. The molecule has 376 valence electrons. The van der Waals surface area contributed by atoms with Crippen molar-refractivity contribution in [2.45, 2.75) is 69.2 Å². The summed E-state index contributed by atoms with van der Waals surface area (Å²) >= 11 is 0. The SMILES string of the molecule is Nc1ncc2c3c1c(-c1ccc(C(=O)Nc4cc(C(F)(F)F)ccn4)cc1)nn3[C@@H]1CCCC(C1)NC(=O)CN(C(=O)CCOCCNC(=O)c1ccc(N3CC(N4CCC(=O)NC4=O)C3)nc1)CC/C=C/2. The van der Waals surface area contributed by atoms with Crippen LogP contribution < -0.4 is 31.9 Å². The molecule has 5 aromatic rings. The van der Waals surface area contributed by atoms with Gasteiger partial charge in [0.25, 0.3) is 11.8 Å². The second kappa shape index (κ2) is 21.2. The number of ether oxygens (including phenoxy) is 1. The van der Waals surface area contributed by atoms with Crippen molar-refractivity contribution in [2.24, 2.45) is 0 Å². The molecule has 0 radical (unpaired) electrons. The smallest absolute Gasteiger partial charge is 0.383 e. The van der Waals surface area contributed by atoms with Crippen LogP contribution in [0.2, 0.25) is 0 Å². The molecule has 1 aromatic carbocycles. The van der Waals surface area contributed by atoms with Crippen molar-refractivity contribution in [3.05, 3.63) is 95.5 Å². The van der Waals surface area contributed by atoms with Crippen LogP contribution in [-0.2, 0) is 25.3 Å². The molecule has 7 heterocycles. The van der Waals surface area contributed by atoms with E-state index in [0.29, 0.717) is 60.5 Å². The van der Waals surface area contributed by atoms with Crippen molar-refractivity contribution in [1.29, 1.82) is 0 Å². The number of fused-ring (bicyclic) bond motifs is 3. The Bertz CT molecular complexity index is 2910. The Kier molecular flexibility index (Phi) is 14.4. The number of anilines is 3. The first-order chi connectivity index (χ1) is 34.7. The Balaban J connectivity index is 0.797. The molecule has 72 heavy (non-hydrogen) atoms. The third-order valence-electron chi connectivity index (χ3n) is 13.2. The van der Waals surface area contributed by atoms with Gasteiger partial charge < -0.3 is 41.1 Å². The second-order valence-electron chi connectivity index (χ2n) is 18.0. The van der Waals surface area contributed by atoms with Gasteiger partial charge in [-0.1, -0.05) is 24.3 Å². The van der Waals surface area contributed by atoms with Gasteiger partial charge in [-0.15, -0.1) is 0 Å². The van der Waals surface area contributed by atoms with Gasteiger partial charge in [0, 0.05) is 80.5 Å². The molecule has 4 aliphatic rings. The molecular weight excluding hydrogens is 940 g/mol. The molecule has 23 heteroatoms. The zero-order valence-corrected chi connectivity index (χ0v) is 39.0. The predicted molar refractivity (Wildman–Crippen MR) is 257 cm³/mol. The zero-order chi connectivity index (χ0) is 50.5. The summed E-state index contributed by atoms with van der Waals surface area (Å²) in [6, 6.07) is 10.7. The number of nitrogen functional groups attached to an aromatic ring is 1. The predicted octanol–water partition coefficient (Wildman–Crippen LogP) is 4.55. The number of aromatic nitrogens is 5. The molecule has 3 aliphatic heterocycles. The highest BCUT2D eigenvalue weighted by molar-refractivity contribution is 6.06. The quantitative estimate of drug-likeness (QED) is 0.108. The fraction of sp³-hybridized carbons (Fsp3) is 0.388. The Labute approximate surface area is 410 Å². The molecule has 6 N–H and O–H groups in total. The molecule has 9 rings (SSSR count). The monoisotopic (exact) mass is 991 g/mol. The van der Waals surface area contributed by atoms with E-state index in [1.54, 1.807) is 35.4 Å². The summed E-state index contributed by atoms with van der Waals surface area (Å²) in [6.07, 6.45) is 6.87. The normalized spacial score (nSPS) is 19.2. The number of halogens is 3.